The molecule has 1 aliphatic heterocycles. The number of rotatable bonds is 4. The van der Waals surface area contributed by atoms with Crippen molar-refractivity contribution in [2.24, 2.45) is 7.05 Å². The Bertz CT molecular complexity index is 521. The van der Waals surface area contributed by atoms with Gasteiger partial charge in [0.2, 0.25) is 5.91 Å². The summed E-state index contributed by atoms with van der Waals surface area (Å²) < 4.78 is 1.68. The Morgan fingerprint density at radius 2 is 2.30 bits per heavy atom. The molecule has 0 saturated carbocycles. The highest BCUT2D eigenvalue weighted by molar-refractivity contribution is 5.92. The highest BCUT2D eigenvalue weighted by Gasteiger charge is 2.27. The second-order valence-electron chi connectivity index (χ2n) is 4.99. The van der Waals surface area contributed by atoms with E-state index in [1.54, 1.807) is 28.9 Å². The smallest absolute Gasteiger partial charge is 0.305 e. The third-order valence-electron chi connectivity index (χ3n) is 3.58. The first-order valence-corrected chi connectivity index (χ1v) is 6.76. The zero-order valence-corrected chi connectivity index (χ0v) is 11.5. The Hall–Kier alpha value is -2.11. The molecular formula is C14H19N3O3. The Morgan fingerprint density at radius 3 is 2.95 bits per heavy atom. The van der Waals surface area contributed by atoms with E-state index in [0.29, 0.717) is 6.54 Å². The number of carboxylic acids is 1. The average Bonchev–Trinajstić information content (AvgIpc) is 2.81. The fourth-order valence-corrected chi connectivity index (χ4v) is 2.50. The standard InChI is InChI=1S/C14H19N3O3/c1-16-11(7-8-15-16)5-6-13(18)17-9-3-2-4-12(17)10-14(19)20/h5-8,12H,2-4,9-10H2,1H3,(H,19,20)/b6-5+. The third-order valence-corrected chi connectivity index (χ3v) is 3.58. The van der Waals surface area contributed by atoms with Gasteiger partial charge in [-0.15, -0.1) is 0 Å². The maximum atomic E-state index is 12.2. The summed E-state index contributed by atoms with van der Waals surface area (Å²) in [6, 6.07) is 1.62. The van der Waals surface area contributed by atoms with E-state index in [-0.39, 0.29) is 18.4 Å². The van der Waals surface area contributed by atoms with Gasteiger partial charge in [0, 0.05) is 31.9 Å². The molecule has 2 heterocycles. The van der Waals surface area contributed by atoms with Crippen molar-refractivity contribution in [1.29, 1.82) is 0 Å². The molecule has 2 rings (SSSR count). The van der Waals surface area contributed by atoms with E-state index in [2.05, 4.69) is 5.10 Å². The van der Waals surface area contributed by atoms with Crippen LogP contribution in [0.1, 0.15) is 31.4 Å². The molecule has 0 aromatic carbocycles. The lowest BCUT2D eigenvalue weighted by Gasteiger charge is -2.34. The summed E-state index contributed by atoms with van der Waals surface area (Å²) in [6.45, 7) is 0.631. The summed E-state index contributed by atoms with van der Waals surface area (Å²) >= 11 is 0. The van der Waals surface area contributed by atoms with E-state index in [4.69, 9.17) is 5.11 Å². The fraction of sp³-hybridized carbons (Fsp3) is 0.500. The zero-order valence-electron chi connectivity index (χ0n) is 11.5. The number of carboxylic acid groups (broad SMARTS) is 1. The lowest BCUT2D eigenvalue weighted by atomic mass is 9.99. The number of aliphatic carboxylic acids is 1. The number of aromatic nitrogens is 2. The molecule has 0 aliphatic carbocycles. The van der Waals surface area contributed by atoms with Crippen LogP contribution >= 0.6 is 0 Å². The number of carbonyl (C=O) groups excluding carboxylic acids is 1. The fourth-order valence-electron chi connectivity index (χ4n) is 2.50. The van der Waals surface area contributed by atoms with E-state index in [0.717, 1.165) is 25.0 Å². The summed E-state index contributed by atoms with van der Waals surface area (Å²) in [6.07, 6.45) is 7.56. The summed E-state index contributed by atoms with van der Waals surface area (Å²) in [5.74, 6) is -0.984. The molecule has 1 saturated heterocycles. The molecule has 0 bridgehead atoms. The number of hydrogen-bond donors (Lipinski definition) is 1. The average molecular weight is 277 g/mol. The van der Waals surface area contributed by atoms with Crippen LogP contribution in [0.3, 0.4) is 0 Å². The van der Waals surface area contributed by atoms with Gasteiger partial charge in [-0.25, -0.2) is 0 Å². The largest absolute Gasteiger partial charge is 0.481 e. The van der Waals surface area contributed by atoms with E-state index in [9.17, 15) is 9.59 Å². The second-order valence-corrected chi connectivity index (χ2v) is 4.99. The van der Waals surface area contributed by atoms with E-state index < -0.39 is 5.97 Å². The van der Waals surface area contributed by atoms with Crippen molar-refractivity contribution in [3.05, 3.63) is 24.0 Å². The van der Waals surface area contributed by atoms with Crippen LogP contribution in [0.2, 0.25) is 0 Å². The number of carbonyl (C=O) groups is 2. The highest BCUT2D eigenvalue weighted by atomic mass is 16.4. The highest BCUT2D eigenvalue weighted by Crippen LogP contribution is 2.20. The van der Waals surface area contributed by atoms with E-state index in [1.807, 2.05) is 6.07 Å². The van der Waals surface area contributed by atoms with E-state index >= 15 is 0 Å². The van der Waals surface area contributed by atoms with Crippen LogP contribution in [0.15, 0.2) is 18.3 Å². The van der Waals surface area contributed by atoms with Gasteiger partial charge in [-0.05, 0) is 31.4 Å². The molecule has 6 nitrogen and oxygen atoms in total. The number of likely N-dealkylation sites (tertiary alicyclic amines) is 1. The van der Waals surface area contributed by atoms with Crippen molar-refractivity contribution in [2.45, 2.75) is 31.7 Å². The molecule has 1 atom stereocenters. The molecular weight excluding hydrogens is 258 g/mol. The first-order chi connectivity index (χ1) is 9.58. The lowest BCUT2D eigenvalue weighted by Crippen LogP contribution is -2.44. The van der Waals surface area contributed by atoms with Crippen molar-refractivity contribution in [3.8, 4) is 0 Å². The molecule has 1 N–H and O–H groups in total. The number of piperidine rings is 1. The normalized spacial score (nSPS) is 19.4. The third kappa shape index (κ3) is 3.46. The monoisotopic (exact) mass is 277 g/mol. The molecule has 1 amide bonds. The maximum Gasteiger partial charge on any atom is 0.305 e. The topological polar surface area (TPSA) is 75.4 Å². The molecule has 1 unspecified atom stereocenters. The van der Waals surface area contributed by atoms with Crippen molar-refractivity contribution in [2.75, 3.05) is 6.54 Å². The minimum atomic E-state index is -0.856. The molecule has 0 spiro atoms. The van der Waals surface area contributed by atoms with Gasteiger partial charge in [0.1, 0.15) is 0 Å². The molecule has 1 aliphatic rings. The number of hydrogen-bond acceptors (Lipinski definition) is 3. The minimum Gasteiger partial charge on any atom is -0.481 e. The van der Waals surface area contributed by atoms with Gasteiger partial charge < -0.3 is 10.0 Å². The predicted molar refractivity (Wildman–Crippen MR) is 73.8 cm³/mol. The lowest BCUT2D eigenvalue weighted by molar-refractivity contribution is -0.140. The Labute approximate surface area is 117 Å². The van der Waals surface area contributed by atoms with Crippen LogP contribution in [0, 0.1) is 0 Å². The molecule has 20 heavy (non-hydrogen) atoms. The van der Waals surface area contributed by atoms with Crippen molar-refractivity contribution in [1.82, 2.24) is 14.7 Å². The van der Waals surface area contributed by atoms with Gasteiger partial charge >= 0.3 is 5.97 Å². The van der Waals surface area contributed by atoms with Gasteiger partial charge in [0.25, 0.3) is 0 Å². The van der Waals surface area contributed by atoms with Crippen LogP contribution in [0.25, 0.3) is 6.08 Å². The SMILES string of the molecule is Cn1nccc1/C=C/C(=O)N1CCCCC1CC(=O)O. The summed E-state index contributed by atoms with van der Waals surface area (Å²) in [5.41, 5.74) is 0.838. The summed E-state index contributed by atoms with van der Waals surface area (Å²) in [7, 11) is 1.80. The minimum absolute atomic E-state index is 0.0191. The molecule has 0 radical (unpaired) electrons. The maximum absolute atomic E-state index is 12.2. The van der Waals surface area contributed by atoms with Gasteiger partial charge in [-0.3, -0.25) is 14.3 Å². The van der Waals surface area contributed by atoms with Crippen LogP contribution in [0.5, 0.6) is 0 Å². The zero-order chi connectivity index (χ0) is 14.5. The molecule has 1 aromatic heterocycles. The quantitative estimate of drug-likeness (QED) is 0.841. The Morgan fingerprint density at radius 1 is 1.50 bits per heavy atom. The molecule has 1 fully saturated rings. The Kier molecular flexibility index (Phi) is 4.55. The van der Waals surface area contributed by atoms with Crippen LogP contribution in [-0.4, -0.2) is 44.3 Å². The van der Waals surface area contributed by atoms with Crippen molar-refractivity contribution < 1.29 is 14.7 Å². The summed E-state index contributed by atoms with van der Waals surface area (Å²) in [5, 5.41) is 12.9. The van der Waals surface area contributed by atoms with Gasteiger partial charge in [-0.1, -0.05) is 0 Å². The van der Waals surface area contributed by atoms with Crippen LogP contribution in [0.4, 0.5) is 0 Å². The molecule has 108 valence electrons. The number of nitrogens with zero attached hydrogens (tertiary/aromatic N) is 3. The first-order valence-electron chi connectivity index (χ1n) is 6.76. The van der Waals surface area contributed by atoms with E-state index in [1.165, 1.54) is 6.08 Å². The number of amides is 1. The van der Waals surface area contributed by atoms with Gasteiger partial charge in [-0.2, -0.15) is 5.10 Å². The predicted octanol–water partition coefficient (Wildman–Crippen LogP) is 1.29. The van der Waals surface area contributed by atoms with Crippen molar-refractivity contribution in [3.63, 3.8) is 0 Å². The summed E-state index contributed by atoms with van der Waals surface area (Å²) in [4.78, 5) is 24.7. The first kappa shape index (κ1) is 14.3. The van der Waals surface area contributed by atoms with Crippen LogP contribution in [-0.2, 0) is 16.6 Å². The Balaban J connectivity index is 2.04. The molecule has 6 heteroatoms. The van der Waals surface area contributed by atoms with Gasteiger partial charge in [0.15, 0.2) is 0 Å². The van der Waals surface area contributed by atoms with Crippen molar-refractivity contribution >= 4 is 18.0 Å². The van der Waals surface area contributed by atoms with Crippen LogP contribution < -0.4 is 0 Å². The molecule has 1 aromatic rings. The van der Waals surface area contributed by atoms with Gasteiger partial charge in [0.05, 0.1) is 12.1 Å². The second kappa shape index (κ2) is 6.36. The number of aryl methyl sites for hydroxylation is 1.